The molecule has 0 aromatic heterocycles. The molecule has 0 radical (unpaired) electrons. The molecule has 0 aliphatic carbocycles. The van der Waals surface area contributed by atoms with Gasteiger partial charge >= 0.3 is 6.03 Å². The number of rotatable bonds is 6. The van der Waals surface area contributed by atoms with E-state index < -0.39 is 0 Å². The summed E-state index contributed by atoms with van der Waals surface area (Å²) in [5.41, 5.74) is 3.78. The zero-order valence-corrected chi connectivity index (χ0v) is 22.2. The van der Waals surface area contributed by atoms with Gasteiger partial charge in [0.1, 0.15) is 5.75 Å². The van der Waals surface area contributed by atoms with Crippen molar-refractivity contribution in [3.05, 3.63) is 77.3 Å². The lowest BCUT2D eigenvalue weighted by atomic mass is 10.1. The average Bonchev–Trinajstić information content (AvgIpc) is 3.49. The van der Waals surface area contributed by atoms with Gasteiger partial charge in [0.15, 0.2) is 0 Å². The van der Waals surface area contributed by atoms with Crippen LogP contribution in [0.5, 0.6) is 5.75 Å². The molecule has 0 spiro atoms. The molecule has 9 heteroatoms. The summed E-state index contributed by atoms with van der Waals surface area (Å²) in [5, 5.41) is 6.26. The van der Waals surface area contributed by atoms with E-state index in [2.05, 4.69) is 26.5 Å². The molecule has 5 rings (SSSR count). The normalized spacial score (nSPS) is 15.4. The number of nitrogens with one attached hydrogen (secondary N) is 2. The van der Waals surface area contributed by atoms with E-state index in [-0.39, 0.29) is 11.9 Å². The number of amides is 3. The Bertz CT molecular complexity index is 1290. The minimum atomic E-state index is -0.384. The topological polar surface area (TPSA) is 77.1 Å². The third-order valence-corrected chi connectivity index (χ3v) is 7.28. The van der Waals surface area contributed by atoms with Crippen LogP contribution in [0.25, 0.3) is 0 Å². The standard InChI is InChI=1S/C29H32ClN5O3/c1-38-27-7-3-2-6-26(27)34-18-16-33(17-19-34)25-13-12-23(20-24(25)28(36)35-14-4-5-15-35)32-29(37)31-22-10-8-21(30)9-11-22/h2-3,6-13,20H,4-5,14-19H2,1H3,(H2,31,32,37). The molecular weight excluding hydrogens is 502 g/mol. The lowest BCUT2D eigenvalue weighted by Gasteiger charge is -2.38. The summed E-state index contributed by atoms with van der Waals surface area (Å²) < 4.78 is 5.55. The SMILES string of the molecule is COc1ccccc1N1CCN(c2ccc(NC(=O)Nc3ccc(Cl)cc3)cc2C(=O)N2CCCC2)CC1. The fraction of sp³-hybridized carbons (Fsp3) is 0.310. The highest BCUT2D eigenvalue weighted by Gasteiger charge is 2.27. The van der Waals surface area contributed by atoms with Crippen LogP contribution in [0.1, 0.15) is 23.2 Å². The molecule has 3 amide bonds. The molecule has 2 N–H and O–H groups in total. The number of para-hydroxylation sites is 2. The number of ether oxygens (including phenoxy) is 1. The first-order valence-corrected chi connectivity index (χ1v) is 13.3. The summed E-state index contributed by atoms with van der Waals surface area (Å²) in [4.78, 5) is 32.7. The van der Waals surface area contributed by atoms with E-state index in [1.165, 1.54) is 0 Å². The highest BCUT2D eigenvalue weighted by molar-refractivity contribution is 6.30. The van der Waals surface area contributed by atoms with Crippen LogP contribution in [0.4, 0.5) is 27.5 Å². The summed E-state index contributed by atoms with van der Waals surface area (Å²) in [6, 6.07) is 20.1. The second kappa shape index (κ2) is 11.6. The third kappa shape index (κ3) is 5.81. The molecule has 2 saturated heterocycles. The Morgan fingerprint density at radius 1 is 0.763 bits per heavy atom. The largest absolute Gasteiger partial charge is 0.495 e. The van der Waals surface area contributed by atoms with Crippen LogP contribution in [0.15, 0.2) is 66.7 Å². The number of piperazine rings is 1. The number of nitrogens with zero attached hydrogens (tertiary/aromatic N) is 3. The van der Waals surface area contributed by atoms with Gasteiger partial charge in [-0.1, -0.05) is 23.7 Å². The van der Waals surface area contributed by atoms with Gasteiger partial charge < -0.3 is 30.1 Å². The molecule has 8 nitrogen and oxygen atoms in total. The molecule has 0 saturated carbocycles. The van der Waals surface area contributed by atoms with E-state index in [9.17, 15) is 9.59 Å². The van der Waals surface area contributed by atoms with Crippen molar-refractivity contribution in [1.82, 2.24) is 4.90 Å². The number of hydrogen-bond acceptors (Lipinski definition) is 5. The molecule has 3 aromatic carbocycles. The van der Waals surface area contributed by atoms with Gasteiger partial charge in [-0.3, -0.25) is 4.79 Å². The minimum absolute atomic E-state index is 0.00594. The van der Waals surface area contributed by atoms with Crippen molar-refractivity contribution in [2.45, 2.75) is 12.8 Å². The van der Waals surface area contributed by atoms with Crippen LogP contribution >= 0.6 is 11.6 Å². The molecule has 2 aliphatic heterocycles. The summed E-state index contributed by atoms with van der Waals surface area (Å²) >= 11 is 5.93. The molecular formula is C29H32ClN5O3. The molecule has 2 fully saturated rings. The Morgan fingerprint density at radius 3 is 2.05 bits per heavy atom. The van der Waals surface area contributed by atoms with Gasteiger partial charge in [-0.15, -0.1) is 0 Å². The Labute approximate surface area is 228 Å². The number of carbonyl (C=O) groups is 2. The summed E-state index contributed by atoms with van der Waals surface area (Å²) in [6.45, 7) is 4.66. The molecule has 0 bridgehead atoms. The zero-order valence-electron chi connectivity index (χ0n) is 21.5. The molecule has 0 unspecified atom stereocenters. The van der Waals surface area contributed by atoms with Crippen molar-refractivity contribution >= 4 is 46.3 Å². The van der Waals surface area contributed by atoms with Crippen LogP contribution in [0.3, 0.4) is 0 Å². The van der Waals surface area contributed by atoms with Gasteiger partial charge in [0.05, 0.1) is 18.4 Å². The fourth-order valence-corrected chi connectivity index (χ4v) is 5.18. The Morgan fingerprint density at radius 2 is 1.37 bits per heavy atom. The minimum Gasteiger partial charge on any atom is -0.495 e. The predicted molar refractivity (Wildman–Crippen MR) is 153 cm³/mol. The van der Waals surface area contributed by atoms with Gasteiger partial charge in [-0.2, -0.15) is 0 Å². The molecule has 198 valence electrons. The van der Waals surface area contributed by atoms with Gasteiger partial charge in [0.2, 0.25) is 0 Å². The first-order valence-electron chi connectivity index (χ1n) is 12.9. The fourth-order valence-electron chi connectivity index (χ4n) is 5.06. The van der Waals surface area contributed by atoms with Crippen molar-refractivity contribution in [2.75, 3.05) is 66.8 Å². The quantitative estimate of drug-likeness (QED) is 0.434. The zero-order chi connectivity index (χ0) is 26.5. The lowest BCUT2D eigenvalue weighted by molar-refractivity contribution is 0.0793. The van der Waals surface area contributed by atoms with E-state index >= 15 is 0 Å². The van der Waals surface area contributed by atoms with Crippen molar-refractivity contribution in [2.24, 2.45) is 0 Å². The highest BCUT2D eigenvalue weighted by Crippen LogP contribution is 2.32. The maximum absolute atomic E-state index is 13.6. The van der Waals surface area contributed by atoms with Crippen LogP contribution in [-0.2, 0) is 0 Å². The van der Waals surface area contributed by atoms with E-state index in [0.29, 0.717) is 22.0 Å². The van der Waals surface area contributed by atoms with Crippen LogP contribution in [-0.4, -0.2) is 63.2 Å². The van der Waals surface area contributed by atoms with Crippen LogP contribution in [0, 0.1) is 0 Å². The Balaban J connectivity index is 1.33. The van der Waals surface area contributed by atoms with Gasteiger partial charge in [0.25, 0.3) is 5.91 Å². The number of urea groups is 1. The number of carbonyl (C=O) groups excluding carboxylic acids is 2. The molecule has 2 heterocycles. The Kier molecular flexibility index (Phi) is 7.89. The van der Waals surface area contributed by atoms with E-state index in [1.807, 2.05) is 35.2 Å². The average molecular weight is 534 g/mol. The third-order valence-electron chi connectivity index (χ3n) is 7.03. The molecule has 38 heavy (non-hydrogen) atoms. The van der Waals surface area contributed by atoms with E-state index in [4.69, 9.17) is 16.3 Å². The Hall–Kier alpha value is -3.91. The molecule has 3 aromatic rings. The van der Waals surface area contributed by atoms with Crippen molar-refractivity contribution < 1.29 is 14.3 Å². The number of benzene rings is 3. The summed E-state index contributed by atoms with van der Waals surface area (Å²) in [6.07, 6.45) is 2.03. The number of methoxy groups -OCH3 is 1. The van der Waals surface area contributed by atoms with Crippen molar-refractivity contribution in [3.63, 3.8) is 0 Å². The summed E-state index contributed by atoms with van der Waals surface area (Å²) in [7, 11) is 1.69. The maximum Gasteiger partial charge on any atom is 0.323 e. The van der Waals surface area contributed by atoms with Gasteiger partial charge in [0, 0.05) is 61.4 Å². The van der Waals surface area contributed by atoms with Gasteiger partial charge in [-0.25, -0.2) is 4.79 Å². The first-order chi connectivity index (χ1) is 18.5. The second-order valence-electron chi connectivity index (χ2n) is 9.46. The number of anilines is 4. The number of likely N-dealkylation sites (tertiary alicyclic amines) is 1. The number of halogens is 1. The second-order valence-corrected chi connectivity index (χ2v) is 9.90. The maximum atomic E-state index is 13.6. The lowest BCUT2D eigenvalue weighted by Crippen LogP contribution is -2.47. The van der Waals surface area contributed by atoms with Crippen molar-refractivity contribution in [1.29, 1.82) is 0 Å². The highest BCUT2D eigenvalue weighted by atomic mass is 35.5. The predicted octanol–water partition coefficient (Wildman–Crippen LogP) is 5.56. The van der Waals surface area contributed by atoms with Crippen LogP contribution in [0.2, 0.25) is 5.02 Å². The molecule has 2 aliphatic rings. The number of hydrogen-bond donors (Lipinski definition) is 2. The first kappa shape index (κ1) is 25.7. The van der Waals surface area contributed by atoms with E-state index in [0.717, 1.165) is 69.2 Å². The summed E-state index contributed by atoms with van der Waals surface area (Å²) in [5.74, 6) is 0.865. The monoisotopic (exact) mass is 533 g/mol. The van der Waals surface area contributed by atoms with Gasteiger partial charge in [-0.05, 0) is 67.4 Å². The molecule has 0 atom stereocenters. The van der Waals surface area contributed by atoms with Crippen molar-refractivity contribution in [3.8, 4) is 5.75 Å². The van der Waals surface area contributed by atoms with Crippen LogP contribution < -0.4 is 25.2 Å². The van der Waals surface area contributed by atoms with E-state index in [1.54, 1.807) is 37.4 Å². The smallest absolute Gasteiger partial charge is 0.323 e.